The van der Waals surface area contributed by atoms with E-state index in [-0.39, 0.29) is 25.3 Å². The van der Waals surface area contributed by atoms with Crippen molar-refractivity contribution in [1.29, 1.82) is 0 Å². The van der Waals surface area contributed by atoms with Gasteiger partial charge in [0.15, 0.2) is 0 Å². The highest BCUT2D eigenvalue weighted by Crippen LogP contribution is 2.37. The molecule has 1 saturated heterocycles. The quantitative estimate of drug-likeness (QED) is 0.346. The molecule has 0 saturated carbocycles. The van der Waals surface area contributed by atoms with Gasteiger partial charge in [0, 0.05) is 11.1 Å². The van der Waals surface area contributed by atoms with Gasteiger partial charge < -0.3 is 19.8 Å². The van der Waals surface area contributed by atoms with Crippen LogP contribution in [0.25, 0.3) is 0 Å². The number of halogens is 1. The second-order valence-electron chi connectivity index (χ2n) is 8.36. The molecule has 0 radical (unpaired) electrons. The zero-order chi connectivity index (χ0) is 20.2. The minimum absolute atomic E-state index is 0.0783. The first-order chi connectivity index (χ1) is 12.5. The maximum absolute atomic E-state index is 12.1. The summed E-state index contributed by atoms with van der Waals surface area (Å²) in [6.07, 6.45) is 0.351. The standard InChI is InChI=1S/C20H30INO5/c1-19(2)10-16(11-20(3,4)22(19)25)26-12-15(23)13-27-18(24)17(21)14-8-6-5-7-9-14/h5-9,15-17,23,25H,10-13H2,1-4H3. The SMILES string of the molecule is CC1(C)CC(OCC(O)COC(=O)C(I)c2ccccc2)CC(C)(C)N1O. The van der Waals surface area contributed by atoms with Gasteiger partial charge in [0.2, 0.25) is 0 Å². The number of alkyl halides is 1. The molecule has 2 rings (SSSR count). The fourth-order valence-corrected chi connectivity index (χ4v) is 4.20. The molecule has 1 heterocycles. The number of aliphatic hydroxyl groups is 1. The van der Waals surface area contributed by atoms with Gasteiger partial charge in [0.1, 0.15) is 16.6 Å². The molecular weight excluding hydrogens is 461 g/mol. The van der Waals surface area contributed by atoms with E-state index in [1.807, 2.05) is 80.6 Å². The highest BCUT2D eigenvalue weighted by atomic mass is 127. The molecule has 1 aliphatic heterocycles. The van der Waals surface area contributed by atoms with Crippen molar-refractivity contribution in [2.45, 2.75) is 67.7 Å². The van der Waals surface area contributed by atoms with Crippen molar-refractivity contribution >= 4 is 28.6 Å². The van der Waals surface area contributed by atoms with E-state index in [0.717, 1.165) is 5.56 Å². The third-order valence-corrected chi connectivity index (χ3v) is 6.07. The molecule has 0 aromatic heterocycles. The Morgan fingerprint density at radius 1 is 1.19 bits per heavy atom. The Bertz CT molecular complexity index is 604. The van der Waals surface area contributed by atoms with Gasteiger partial charge in [-0.2, -0.15) is 5.06 Å². The lowest BCUT2D eigenvalue weighted by Crippen LogP contribution is -2.60. The number of rotatable bonds is 7. The molecule has 1 aromatic rings. The zero-order valence-electron chi connectivity index (χ0n) is 16.4. The number of carbonyl (C=O) groups excluding carboxylic acids is 1. The van der Waals surface area contributed by atoms with Gasteiger partial charge in [-0.15, -0.1) is 0 Å². The van der Waals surface area contributed by atoms with Crippen LogP contribution in [0.1, 0.15) is 50.0 Å². The van der Waals surface area contributed by atoms with E-state index >= 15 is 0 Å². The number of hydrogen-bond donors (Lipinski definition) is 2. The summed E-state index contributed by atoms with van der Waals surface area (Å²) in [5, 5.41) is 21.8. The largest absolute Gasteiger partial charge is 0.462 e. The first kappa shape index (κ1) is 22.5. The monoisotopic (exact) mass is 491 g/mol. The summed E-state index contributed by atoms with van der Waals surface area (Å²) in [5.74, 6) is -0.378. The van der Waals surface area contributed by atoms with Crippen molar-refractivity contribution < 1.29 is 24.6 Å². The zero-order valence-corrected chi connectivity index (χ0v) is 18.5. The molecule has 152 valence electrons. The molecule has 2 atom stereocenters. The Kier molecular flexibility index (Phi) is 7.66. The summed E-state index contributed by atoms with van der Waals surface area (Å²) in [5.41, 5.74) is 0.0519. The number of hydrogen-bond acceptors (Lipinski definition) is 6. The van der Waals surface area contributed by atoms with Crippen LogP contribution in [0, 0.1) is 0 Å². The van der Waals surface area contributed by atoms with Gasteiger partial charge in [0.05, 0.1) is 12.7 Å². The van der Waals surface area contributed by atoms with Gasteiger partial charge in [-0.3, -0.25) is 4.79 Å². The van der Waals surface area contributed by atoms with Crippen molar-refractivity contribution in [2.24, 2.45) is 0 Å². The lowest BCUT2D eigenvalue weighted by Gasteiger charge is -2.51. The molecule has 0 bridgehead atoms. The van der Waals surface area contributed by atoms with Crippen LogP contribution >= 0.6 is 22.6 Å². The third-order valence-electron chi connectivity index (χ3n) is 4.84. The molecule has 1 aliphatic rings. The number of nitrogens with zero attached hydrogens (tertiary/aromatic N) is 1. The van der Waals surface area contributed by atoms with Crippen molar-refractivity contribution in [1.82, 2.24) is 5.06 Å². The predicted molar refractivity (Wildman–Crippen MR) is 111 cm³/mol. The molecule has 0 aliphatic carbocycles. The van der Waals surface area contributed by atoms with E-state index in [4.69, 9.17) is 9.47 Å². The molecule has 1 aromatic carbocycles. The molecule has 2 unspecified atom stereocenters. The highest BCUT2D eigenvalue weighted by molar-refractivity contribution is 14.1. The van der Waals surface area contributed by atoms with Crippen LogP contribution in [0.15, 0.2) is 30.3 Å². The molecule has 0 spiro atoms. The van der Waals surface area contributed by atoms with Gasteiger partial charge in [-0.05, 0) is 46.1 Å². The van der Waals surface area contributed by atoms with Crippen LogP contribution in [0.4, 0.5) is 0 Å². The molecule has 2 N–H and O–H groups in total. The van der Waals surface area contributed by atoms with E-state index in [9.17, 15) is 15.1 Å². The van der Waals surface area contributed by atoms with Crippen LogP contribution < -0.4 is 0 Å². The topological polar surface area (TPSA) is 79.2 Å². The fourth-order valence-electron chi connectivity index (χ4n) is 3.60. The Morgan fingerprint density at radius 3 is 2.30 bits per heavy atom. The van der Waals surface area contributed by atoms with Gasteiger partial charge in [0.25, 0.3) is 0 Å². The van der Waals surface area contributed by atoms with E-state index in [0.29, 0.717) is 12.8 Å². The maximum Gasteiger partial charge on any atom is 0.323 e. The number of hydroxylamine groups is 2. The first-order valence-corrected chi connectivity index (χ1v) is 10.4. The van der Waals surface area contributed by atoms with Crippen molar-refractivity contribution in [2.75, 3.05) is 13.2 Å². The Hall–Kier alpha value is -0.740. The van der Waals surface area contributed by atoms with Crippen molar-refractivity contribution in [3.8, 4) is 0 Å². The molecule has 27 heavy (non-hydrogen) atoms. The minimum atomic E-state index is -0.883. The van der Waals surface area contributed by atoms with Crippen molar-refractivity contribution in [3.05, 3.63) is 35.9 Å². The second kappa shape index (κ2) is 9.17. The van der Waals surface area contributed by atoms with Gasteiger partial charge >= 0.3 is 5.97 Å². The molecule has 1 fully saturated rings. The lowest BCUT2D eigenvalue weighted by atomic mass is 9.80. The second-order valence-corrected chi connectivity index (χ2v) is 9.60. The summed E-state index contributed by atoms with van der Waals surface area (Å²) in [6.45, 7) is 7.85. The van der Waals surface area contributed by atoms with E-state index in [1.54, 1.807) is 0 Å². The van der Waals surface area contributed by atoms with E-state index in [1.165, 1.54) is 5.06 Å². The predicted octanol–water partition coefficient (Wildman–Crippen LogP) is 3.49. The number of carbonyl (C=O) groups is 1. The summed E-state index contributed by atoms with van der Waals surface area (Å²) < 4.78 is 10.7. The average molecular weight is 491 g/mol. The minimum Gasteiger partial charge on any atom is -0.462 e. The smallest absolute Gasteiger partial charge is 0.323 e. The molecule has 7 heteroatoms. The van der Waals surface area contributed by atoms with Crippen LogP contribution in [-0.4, -0.2) is 57.8 Å². The third kappa shape index (κ3) is 6.12. The fraction of sp³-hybridized carbons (Fsp3) is 0.650. The maximum atomic E-state index is 12.1. The summed E-state index contributed by atoms with van der Waals surface area (Å²) in [7, 11) is 0. The number of aliphatic hydroxyl groups excluding tert-OH is 1. The van der Waals surface area contributed by atoms with Gasteiger partial charge in [-0.1, -0.05) is 52.9 Å². The number of ether oxygens (including phenoxy) is 2. The summed E-state index contributed by atoms with van der Waals surface area (Å²) >= 11 is 2.03. The number of benzene rings is 1. The van der Waals surface area contributed by atoms with E-state index in [2.05, 4.69) is 0 Å². The van der Waals surface area contributed by atoms with Crippen LogP contribution in [0.3, 0.4) is 0 Å². The molecule has 6 nitrogen and oxygen atoms in total. The number of esters is 1. The molecular formula is C20H30INO5. The Morgan fingerprint density at radius 2 is 1.74 bits per heavy atom. The summed E-state index contributed by atoms with van der Waals surface area (Å²) in [6, 6.07) is 9.38. The van der Waals surface area contributed by atoms with Gasteiger partial charge in [-0.25, -0.2) is 0 Å². The van der Waals surface area contributed by atoms with Crippen LogP contribution in [0.5, 0.6) is 0 Å². The Balaban J connectivity index is 1.78. The van der Waals surface area contributed by atoms with Crippen LogP contribution in [-0.2, 0) is 14.3 Å². The Labute approximate surface area is 174 Å². The first-order valence-electron chi connectivity index (χ1n) is 9.17. The average Bonchev–Trinajstić information content (AvgIpc) is 2.62. The highest BCUT2D eigenvalue weighted by Gasteiger charge is 2.45. The number of piperidine rings is 1. The summed E-state index contributed by atoms with van der Waals surface area (Å²) in [4.78, 5) is 12.1. The molecule has 0 amide bonds. The normalized spacial score (nSPS) is 22.2. The van der Waals surface area contributed by atoms with E-state index < -0.39 is 21.1 Å². The van der Waals surface area contributed by atoms with Crippen molar-refractivity contribution in [3.63, 3.8) is 0 Å². The van der Waals surface area contributed by atoms with Crippen LogP contribution in [0.2, 0.25) is 0 Å². The lowest BCUT2D eigenvalue weighted by molar-refractivity contribution is -0.262.